The summed E-state index contributed by atoms with van der Waals surface area (Å²) in [6.07, 6.45) is 3.58. The zero-order chi connectivity index (χ0) is 9.14. The average molecular weight is 230 g/mol. The highest BCUT2D eigenvalue weighted by Crippen LogP contribution is 2.20. The molecular formula is C9H12BrNO. The van der Waals surface area contributed by atoms with E-state index in [9.17, 15) is 0 Å². The normalized spacial score (nSPS) is 14.8. The number of furan rings is 1. The van der Waals surface area contributed by atoms with Crippen molar-refractivity contribution in [2.24, 2.45) is 5.73 Å². The van der Waals surface area contributed by atoms with E-state index in [2.05, 4.69) is 15.9 Å². The highest BCUT2D eigenvalue weighted by Gasteiger charge is 2.02. The lowest BCUT2D eigenvalue weighted by Crippen LogP contribution is -2.15. The summed E-state index contributed by atoms with van der Waals surface area (Å²) in [4.78, 5) is 0. The van der Waals surface area contributed by atoms with Crippen molar-refractivity contribution in [1.82, 2.24) is 0 Å². The van der Waals surface area contributed by atoms with Gasteiger partial charge in [0, 0.05) is 6.04 Å². The SMILES string of the molecule is C/C(=C\c1occc1Br)C(C)N. The average Bonchev–Trinajstić information content (AvgIpc) is 2.36. The van der Waals surface area contributed by atoms with E-state index in [0.29, 0.717) is 0 Å². The van der Waals surface area contributed by atoms with Crippen LogP contribution in [0.15, 0.2) is 26.8 Å². The Balaban J connectivity index is 2.87. The van der Waals surface area contributed by atoms with Crippen molar-refractivity contribution in [1.29, 1.82) is 0 Å². The maximum absolute atomic E-state index is 5.68. The van der Waals surface area contributed by atoms with Gasteiger partial charge in [0.05, 0.1) is 10.7 Å². The molecule has 1 unspecified atom stereocenters. The fourth-order valence-corrected chi connectivity index (χ4v) is 1.06. The second kappa shape index (κ2) is 3.92. The fraction of sp³-hybridized carbons (Fsp3) is 0.333. The van der Waals surface area contributed by atoms with Gasteiger partial charge in [-0.15, -0.1) is 0 Å². The van der Waals surface area contributed by atoms with Crippen molar-refractivity contribution in [3.05, 3.63) is 28.1 Å². The lowest BCUT2D eigenvalue weighted by Gasteiger charge is -2.03. The Labute approximate surface area is 80.6 Å². The summed E-state index contributed by atoms with van der Waals surface area (Å²) in [5, 5.41) is 0. The Morgan fingerprint density at radius 3 is 2.83 bits per heavy atom. The molecule has 0 saturated heterocycles. The molecule has 0 bridgehead atoms. The fourth-order valence-electron chi connectivity index (χ4n) is 0.747. The Morgan fingerprint density at radius 1 is 1.75 bits per heavy atom. The van der Waals surface area contributed by atoms with Gasteiger partial charge in [-0.3, -0.25) is 0 Å². The number of hydrogen-bond donors (Lipinski definition) is 1. The summed E-state index contributed by atoms with van der Waals surface area (Å²) >= 11 is 3.36. The van der Waals surface area contributed by atoms with Gasteiger partial charge in [-0.25, -0.2) is 0 Å². The van der Waals surface area contributed by atoms with Crippen LogP contribution in [0.3, 0.4) is 0 Å². The minimum absolute atomic E-state index is 0.0713. The standard InChI is InChI=1S/C9H12BrNO/c1-6(7(2)11)5-9-8(10)3-4-12-9/h3-5,7H,11H2,1-2H3/b6-5+. The van der Waals surface area contributed by atoms with Crippen molar-refractivity contribution in [2.75, 3.05) is 0 Å². The number of nitrogens with two attached hydrogens (primary N) is 1. The number of halogens is 1. The third kappa shape index (κ3) is 2.22. The molecule has 1 rings (SSSR count). The molecule has 0 aliphatic carbocycles. The smallest absolute Gasteiger partial charge is 0.140 e. The van der Waals surface area contributed by atoms with Gasteiger partial charge in [0.25, 0.3) is 0 Å². The Bertz CT molecular complexity index is 288. The molecule has 0 spiro atoms. The predicted octanol–water partition coefficient (Wildman–Crippen LogP) is 2.79. The van der Waals surface area contributed by atoms with Gasteiger partial charge in [0.2, 0.25) is 0 Å². The molecule has 0 radical (unpaired) electrons. The van der Waals surface area contributed by atoms with E-state index < -0.39 is 0 Å². The maximum atomic E-state index is 5.68. The maximum Gasteiger partial charge on any atom is 0.140 e. The Kier molecular flexibility index (Phi) is 3.12. The molecule has 1 heterocycles. The summed E-state index contributed by atoms with van der Waals surface area (Å²) in [7, 11) is 0. The van der Waals surface area contributed by atoms with Crippen LogP contribution in [-0.4, -0.2) is 6.04 Å². The van der Waals surface area contributed by atoms with E-state index in [1.165, 1.54) is 0 Å². The van der Waals surface area contributed by atoms with E-state index >= 15 is 0 Å². The van der Waals surface area contributed by atoms with Crippen LogP contribution in [-0.2, 0) is 0 Å². The van der Waals surface area contributed by atoms with E-state index in [4.69, 9.17) is 10.2 Å². The minimum Gasteiger partial charge on any atom is -0.464 e. The first-order valence-corrected chi connectivity index (χ1v) is 4.57. The van der Waals surface area contributed by atoms with Crippen molar-refractivity contribution >= 4 is 22.0 Å². The van der Waals surface area contributed by atoms with Gasteiger partial charge in [-0.1, -0.05) is 5.57 Å². The van der Waals surface area contributed by atoms with Crippen LogP contribution >= 0.6 is 15.9 Å². The van der Waals surface area contributed by atoms with E-state index in [1.807, 2.05) is 26.0 Å². The highest BCUT2D eigenvalue weighted by molar-refractivity contribution is 9.10. The second-order valence-corrected chi connectivity index (χ2v) is 3.66. The monoisotopic (exact) mass is 229 g/mol. The summed E-state index contributed by atoms with van der Waals surface area (Å²) in [6, 6.07) is 1.93. The Hall–Kier alpha value is -0.540. The van der Waals surface area contributed by atoms with Crippen LogP contribution in [0.25, 0.3) is 6.08 Å². The molecule has 12 heavy (non-hydrogen) atoms. The topological polar surface area (TPSA) is 39.2 Å². The van der Waals surface area contributed by atoms with E-state index in [0.717, 1.165) is 15.8 Å². The predicted molar refractivity (Wildman–Crippen MR) is 53.7 cm³/mol. The second-order valence-electron chi connectivity index (χ2n) is 2.81. The molecule has 0 amide bonds. The molecule has 66 valence electrons. The third-order valence-corrected chi connectivity index (χ3v) is 2.38. The first-order chi connectivity index (χ1) is 5.61. The summed E-state index contributed by atoms with van der Waals surface area (Å²) in [6.45, 7) is 3.93. The molecular weight excluding hydrogens is 218 g/mol. The van der Waals surface area contributed by atoms with E-state index in [1.54, 1.807) is 6.26 Å². The molecule has 1 aromatic rings. The van der Waals surface area contributed by atoms with Crippen LogP contribution in [0, 0.1) is 0 Å². The van der Waals surface area contributed by atoms with E-state index in [-0.39, 0.29) is 6.04 Å². The largest absolute Gasteiger partial charge is 0.464 e. The minimum atomic E-state index is 0.0713. The van der Waals surface area contributed by atoms with Crippen molar-refractivity contribution in [3.63, 3.8) is 0 Å². The first kappa shape index (κ1) is 9.55. The van der Waals surface area contributed by atoms with Crippen LogP contribution in [0.1, 0.15) is 19.6 Å². The van der Waals surface area contributed by atoms with Crippen molar-refractivity contribution in [3.8, 4) is 0 Å². The molecule has 2 nitrogen and oxygen atoms in total. The lowest BCUT2D eigenvalue weighted by molar-refractivity contribution is 0.554. The van der Waals surface area contributed by atoms with Gasteiger partial charge in [0.1, 0.15) is 5.76 Å². The Morgan fingerprint density at radius 2 is 2.42 bits per heavy atom. The van der Waals surface area contributed by atoms with Gasteiger partial charge >= 0.3 is 0 Å². The molecule has 0 fully saturated rings. The zero-order valence-electron chi connectivity index (χ0n) is 7.17. The molecule has 0 aliphatic heterocycles. The lowest BCUT2D eigenvalue weighted by atomic mass is 10.1. The summed E-state index contributed by atoms with van der Waals surface area (Å²) in [5.41, 5.74) is 6.78. The van der Waals surface area contributed by atoms with Gasteiger partial charge in [0.15, 0.2) is 0 Å². The molecule has 1 atom stereocenters. The molecule has 0 saturated carbocycles. The number of rotatable bonds is 2. The highest BCUT2D eigenvalue weighted by atomic mass is 79.9. The van der Waals surface area contributed by atoms with Crippen LogP contribution in [0.5, 0.6) is 0 Å². The molecule has 0 aromatic carbocycles. The molecule has 1 aromatic heterocycles. The number of hydrogen-bond acceptors (Lipinski definition) is 2. The zero-order valence-corrected chi connectivity index (χ0v) is 8.76. The summed E-state index contributed by atoms with van der Waals surface area (Å²) in [5.74, 6) is 0.824. The van der Waals surface area contributed by atoms with Crippen LogP contribution in [0.4, 0.5) is 0 Å². The van der Waals surface area contributed by atoms with Crippen LogP contribution in [0.2, 0.25) is 0 Å². The molecule has 0 aliphatic rings. The van der Waals surface area contributed by atoms with Crippen molar-refractivity contribution < 1.29 is 4.42 Å². The van der Waals surface area contributed by atoms with Gasteiger partial charge < -0.3 is 10.2 Å². The van der Waals surface area contributed by atoms with Gasteiger partial charge in [-0.2, -0.15) is 0 Å². The molecule has 2 N–H and O–H groups in total. The quantitative estimate of drug-likeness (QED) is 0.848. The summed E-state index contributed by atoms with van der Waals surface area (Å²) < 4.78 is 6.17. The van der Waals surface area contributed by atoms with Gasteiger partial charge in [-0.05, 0) is 41.9 Å². The van der Waals surface area contributed by atoms with Crippen molar-refractivity contribution in [2.45, 2.75) is 19.9 Å². The third-order valence-electron chi connectivity index (χ3n) is 1.72. The first-order valence-electron chi connectivity index (χ1n) is 3.78. The van der Waals surface area contributed by atoms with Crippen LogP contribution < -0.4 is 5.73 Å². The molecule has 3 heteroatoms.